The van der Waals surface area contributed by atoms with E-state index in [-0.39, 0.29) is 18.5 Å². The van der Waals surface area contributed by atoms with Crippen molar-refractivity contribution in [2.75, 3.05) is 6.54 Å². The molecule has 1 heterocycles. The maximum atomic E-state index is 12.7. The molecule has 6 nitrogen and oxygen atoms in total. The Morgan fingerprint density at radius 1 is 1.26 bits per heavy atom. The van der Waals surface area contributed by atoms with Crippen molar-refractivity contribution in [3.05, 3.63) is 47.3 Å². The molecular formula is C17H21N3O3. The van der Waals surface area contributed by atoms with Crippen LogP contribution in [0.5, 0.6) is 0 Å². The summed E-state index contributed by atoms with van der Waals surface area (Å²) in [5.41, 5.74) is 3.06. The highest BCUT2D eigenvalue weighted by Crippen LogP contribution is 2.19. The highest BCUT2D eigenvalue weighted by molar-refractivity contribution is 5.97. The van der Waals surface area contributed by atoms with E-state index in [0.717, 1.165) is 11.3 Å². The van der Waals surface area contributed by atoms with Crippen molar-refractivity contribution in [3.8, 4) is 5.69 Å². The van der Waals surface area contributed by atoms with Gasteiger partial charge in [-0.2, -0.15) is 5.10 Å². The molecule has 0 aliphatic rings. The minimum Gasteiger partial charge on any atom is -0.480 e. The van der Waals surface area contributed by atoms with Crippen LogP contribution in [-0.2, 0) is 4.79 Å². The number of hydrogen-bond acceptors (Lipinski definition) is 3. The number of benzene rings is 1. The van der Waals surface area contributed by atoms with Crippen LogP contribution in [0.1, 0.15) is 35.5 Å². The monoisotopic (exact) mass is 315 g/mol. The summed E-state index contributed by atoms with van der Waals surface area (Å²) in [5, 5.41) is 13.3. The highest BCUT2D eigenvalue weighted by atomic mass is 16.4. The minimum atomic E-state index is -1.03. The molecule has 2 aromatic rings. The molecule has 1 amide bonds. The third kappa shape index (κ3) is 3.41. The molecule has 1 N–H and O–H groups in total. The molecule has 0 aliphatic heterocycles. The normalized spacial score (nSPS) is 10.8. The Hall–Kier alpha value is -2.63. The number of aromatic nitrogens is 2. The summed E-state index contributed by atoms with van der Waals surface area (Å²) in [6.45, 7) is 7.05. The summed E-state index contributed by atoms with van der Waals surface area (Å²) in [7, 11) is 0. The van der Waals surface area contributed by atoms with E-state index in [9.17, 15) is 9.59 Å². The number of aryl methyl sites for hydroxylation is 1. The van der Waals surface area contributed by atoms with Gasteiger partial charge in [0, 0.05) is 6.04 Å². The first-order chi connectivity index (χ1) is 10.8. The van der Waals surface area contributed by atoms with Gasteiger partial charge in [-0.1, -0.05) is 18.2 Å². The molecule has 0 radical (unpaired) electrons. The van der Waals surface area contributed by atoms with Gasteiger partial charge < -0.3 is 10.0 Å². The number of para-hydroxylation sites is 1. The second-order valence-corrected chi connectivity index (χ2v) is 5.76. The Labute approximate surface area is 135 Å². The zero-order valence-corrected chi connectivity index (χ0v) is 13.8. The molecule has 0 spiro atoms. The molecule has 0 bridgehead atoms. The van der Waals surface area contributed by atoms with Gasteiger partial charge in [0.15, 0.2) is 0 Å². The maximum absolute atomic E-state index is 12.7. The fraction of sp³-hybridized carbons (Fsp3) is 0.353. The third-order valence-corrected chi connectivity index (χ3v) is 3.77. The summed E-state index contributed by atoms with van der Waals surface area (Å²) < 4.78 is 1.71. The molecule has 0 aliphatic carbocycles. The number of nitrogens with zero attached hydrogens (tertiary/aromatic N) is 3. The summed E-state index contributed by atoms with van der Waals surface area (Å²) in [6.07, 6.45) is 1.50. The van der Waals surface area contributed by atoms with E-state index in [1.54, 1.807) is 18.5 Å². The van der Waals surface area contributed by atoms with Crippen LogP contribution in [0.3, 0.4) is 0 Å². The van der Waals surface area contributed by atoms with Crippen LogP contribution >= 0.6 is 0 Å². The van der Waals surface area contributed by atoms with Gasteiger partial charge in [-0.25, -0.2) is 4.68 Å². The predicted octanol–water partition coefficient (Wildman–Crippen LogP) is 2.42. The average molecular weight is 315 g/mol. The number of carboxylic acids is 1. The van der Waals surface area contributed by atoms with Crippen LogP contribution in [0.15, 0.2) is 30.5 Å². The van der Waals surface area contributed by atoms with Crippen LogP contribution in [-0.4, -0.2) is 44.3 Å². The Morgan fingerprint density at radius 3 is 2.48 bits per heavy atom. The second kappa shape index (κ2) is 6.64. The number of amides is 1. The van der Waals surface area contributed by atoms with Crippen molar-refractivity contribution in [2.24, 2.45) is 0 Å². The first-order valence-electron chi connectivity index (χ1n) is 7.46. The van der Waals surface area contributed by atoms with E-state index in [1.165, 1.54) is 11.1 Å². The van der Waals surface area contributed by atoms with Gasteiger partial charge >= 0.3 is 5.97 Å². The Balaban J connectivity index is 2.40. The van der Waals surface area contributed by atoms with Gasteiger partial charge in [0.1, 0.15) is 6.54 Å². The summed E-state index contributed by atoms with van der Waals surface area (Å²) in [4.78, 5) is 25.0. The molecule has 0 atom stereocenters. The molecule has 23 heavy (non-hydrogen) atoms. The molecule has 1 aromatic carbocycles. The van der Waals surface area contributed by atoms with Crippen LogP contribution in [0.2, 0.25) is 0 Å². The fourth-order valence-electron chi connectivity index (χ4n) is 2.45. The van der Waals surface area contributed by atoms with Crippen molar-refractivity contribution in [2.45, 2.75) is 33.7 Å². The molecule has 122 valence electrons. The lowest BCUT2D eigenvalue weighted by atomic mass is 10.1. The van der Waals surface area contributed by atoms with Gasteiger partial charge in [0.2, 0.25) is 0 Å². The number of hydrogen-bond donors (Lipinski definition) is 1. The third-order valence-electron chi connectivity index (χ3n) is 3.77. The van der Waals surface area contributed by atoms with Crippen molar-refractivity contribution < 1.29 is 14.7 Å². The second-order valence-electron chi connectivity index (χ2n) is 5.76. The van der Waals surface area contributed by atoms with Gasteiger partial charge in [0.25, 0.3) is 5.91 Å². The number of carboxylic acid groups (broad SMARTS) is 1. The molecule has 2 rings (SSSR count). The summed E-state index contributed by atoms with van der Waals surface area (Å²) >= 11 is 0. The van der Waals surface area contributed by atoms with E-state index in [2.05, 4.69) is 5.10 Å². The lowest BCUT2D eigenvalue weighted by Gasteiger charge is -2.24. The fourth-order valence-corrected chi connectivity index (χ4v) is 2.45. The Morgan fingerprint density at radius 2 is 1.91 bits per heavy atom. The SMILES string of the molecule is Cc1ccccc1-n1ncc(C(=O)N(CC(=O)O)C(C)C)c1C. The van der Waals surface area contributed by atoms with E-state index in [4.69, 9.17) is 5.11 Å². The molecule has 0 fully saturated rings. The number of rotatable bonds is 5. The first-order valence-corrected chi connectivity index (χ1v) is 7.46. The van der Waals surface area contributed by atoms with E-state index in [0.29, 0.717) is 11.3 Å². The van der Waals surface area contributed by atoms with Crippen LogP contribution in [0, 0.1) is 13.8 Å². The lowest BCUT2D eigenvalue weighted by Crippen LogP contribution is -2.40. The quantitative estimate of drug-likeness (QED) is 0.919. The van der Waals surface area contributed by atoms with Crippen molar-refractivity contribution in [3.63, 3.8) is 0 Å². The number of carbonyl (C=O) groups excluding carboxylic acids is 1. The van der Waals surface area contributed by atoms with Crippen LogP contribution < -0.4 is 0 Å². The first kappa shape index (κ1) is 16.7. The van der Waals surface area contributed by atoms with Crippen LogP contribution in [0.4, 0.5) is 0 Å². The average Bonchev–Trinajstić information content (AvgIpc) is 2.86. The molecular weight excluding hydrogens is 294 g/mol. The number of carbonyl (C=O) groups is 2. The summed E-state index contributed by atoms with van der Waals surface area (Å²) in [6, 6.07) is 7.55. The zero-order chi connectivity index (χ0) is 17.1. The smallest absolute Gasteiger partial charge is 0.323 e. The Kier molecular flexibility index (Phi) is 4.83. The lowest BCUT2D eigenvalue weighted by molar-refractivity contribution is -0.138. The van der Waals surface area contributed by atoms with E-state index >= 15 is 0 Å². The van der Waals surface area contributed by atoms with E-state index in [1.807, 2.05) is 38.1 Å². The number of aliphatic carboxylic acids is 1. The van der Waals surface area contributed by atoms with Gasteiger partial charge in [-0.05, 0) is 39.3 Å². The van der Waals surface area contributed by atoms with E-state index < -0.39 is 5.97 Å². The van der Waals surface area contributed by atoms with Gasteiger partial charge in [-0.15, -0.1) is 0 Å². The molecule has 1 aromatic heterocycles. The van der Waals surface area contributed by atoms with Crippen LogP contribution in [0.25, 0.3) is 5.69 Å². The zero-order valence-electron chi connectivity index (χ0n) is 13.8. The van der Waals surface area contributed by atoms with Crippen molar-refractivity contribution in [1.82, 2.24) is 14.7 Å². The minimum absolute atomic E-state index is 0.209. The molecule has 0 unspecified atom stereocenters. The predicted molar refractivity (Wildman–Crippen MR) is 86.8 cm³/mol. The maximum Gasteiger partial charge on any atom is 0.323 e. The molecule has 0 saturated heterocycles. The van der Waals surface area contributed by atoms with Gasteiger partial charge in [-0.3, -0.25) is 9.59 Å². The summed E-state index contributed by atoms with van der Waals surface area (Å²) in [5.74, 6) is -1.35. The van der Waals surface area contributed by atoms with Crippen molar-refractivity contribution >= 4 is 11.9 Å². The standard InChI is InChI=1S/C17H21N3O3/c1-11(2)19(10-16(21)22)17(23)14-9-18-20(13(14)4)15-8-6-5-7-12(15)3/h5-9,11H,10H2,1-4H3,(H,21,22). The molecule has 6 heteroatoms. The largest absolute Gasteiger partial charge is 0.480 e. The Bertz CT molecular complexity index is 734. The van der Waals surface area contributed by atoms with Gasteiger partial charge in [0.05, 0.1) is 23.1 Å². The van der Waals surface area contributed by atoms with Crippen molar-refractivity contribution in [1.29, 1.82) is 0 Å². The topological polar surface area (TPSA) is 75.4 Å². The highest BCUT2D eigenvalue weighted by Gasteiger charge is 2.25. The molecule has 0 saturated carbocycles.